The molecule has 0 aliphatic heterocycles. The Morgan fingerprint density at radius 2 is 1.62 bits per heavy atom. The molecule has 0 aliphatic rings. The lowest BCUT2D eigenvalue weighted by molar-refractivity contribution is -0.140. The summed E-state index contributed by atoms with van der Waals surface area (Å²) >= 11 is 0. The first-order chi connectivity index (χ1) is 10.1. The van der Waals surface area contributed by atoms with Gasteiger partial charge in [-0.2, -0.15) is 0 Å². The van der Waals surface area contributed by atoms with Crippen molar-refractivity contribution in [3.05, 3.63) is 35.4 Å². The average Bonchev–Trinajstić information content (AvgIpc) is 2.46. The number of hydrogen-bond acceptors (Lipinski definition) is 4. The molecule has 0 aromatic heterocycles. The predicted molar refractivity (Wildman–Crippen MR) is 83.3 cm³/mol. The maximum Gasteiger partial charge on any atom is 0.338 e. The molecule has 0 spiro atoms. The Balaban J connectivity index is 0.000000567. The van der Waals surface area contributed by atoms with Gasteiger partial charge in [-0.15, -0.1) is 0 Å². The standard InChI is InChI=1S/C13H18O2.C4H8O2/c1-3-5-8-11-9-6-7-10-12(11)13(14)15-4-2;1-3-6-4(2)5/h6-7,9-10H,3-5,8H2,1-2H3;3H2,1-2H3. The van der Waals surface area contributed by atoms with Crippen LogP contribution in [0.2, 0.25) is 0 Å². The highest BCUT2D eigenvalue weighted by atomic mass is 16.5. The summed E-state index contributed by atoms with van der Waals surface area (Å²) < 4.78 is 9.41. The molecule has 1 aromatic rings. The van der Waals surface area contributed by atoms with E-state index < -0.39 is 0 Å². The fourth-order valence-electron chi connectivity index (χ4n) is 1.72. The van der Waals surface area contributed by atoms with Gasteiger partial charge in [0.25, 0.3) is 0 Å². The molecule has 0 atom stereocenters. The second-order valence-electron chi connectivity index (χ2n) is 4.41. The van der Waals surface area contributed by atoms with Crippen LogP contribution in [0.3, 0.4) is 0 Å². The molecule has 1 rings (SSSR count). The predicted octanol–water partition coefficient (Wildman–Crippen LogP) is 3.78. The summed E-state index contributed by atoms with van der Waals surface area (Å²) in [6.45, 7) is 8.06. The van der Waals surface area contributed by atoms with Crippen molar-refractivity contribution >= 4 is 11.9 Å². The zero-order valence-corrected chi connectivity index (χ0v) is 13.5. The van der Waals surface area contributed by atoms with Gasteiger partial charge in [0.2, 0.25) is 0 Å². The molecule has 0 fully saturated rings. The molecule has 0 radical (unpaired) electrons. The van der Waals surface area contributed by atoms with Crippen LogP contribution in [0.25, 0.3) is 0 Å². The molecule has 1 aromatic carbocycles. The maximum atomic E-state index is 11.6. The number of ether oxygens (including phenoxy) is 2. The quantitative estimate of drug-likeness (QED) is 0.749. The highest BCUT2D eigenvalue weighted by Crippen LogP contribution is 2.13. The van der Waals surface area contributed by atoms with E-state index in [0.717, 1.165) is 24.8 Å². The van der Waals surface area contributed by atoms with Crippen molar-refractivity contribution in [2.24, 2.45) is 0 Å². The average molecular weight is 294 g/mol. The number of carbonyl (C=O) groups is 2. The van der Waals surface area contributed by atoms with Gasteiger partial charge >= 0.3 is 11.9 Å². The van der Waals surface area contributed by atoms with Gasteiger partial charge in [-0.3, -0.25) is 4.79 Å². The van der Waals surface area contributed by atoms with Gasteiger partial charge in [-0.05, 0) is 38.3 Å². The van der Waals surface area contributed by atoms with Crippen LogP contribution in [0.1, 0.15) is 56.5 Å². The molecular weight excluding hydrogens is 268 g/mol. The molecule has 0 heterocycles. The van der Waals surface area contributed by atoms with Crippen LogP contribution < -0.4 is 0 Å². The van der Waals surface area contributed by atoms with E-state index in [2.05, 4.69) is 11.7 Å². The van der Waals surface area contributed by atoms with Gasteiger partial charge in [-0.25, -0.2) is 4.79 Å². The Labute approximate surface area is 127 Å². The van der Waals surface area contributed by atoms with Gasteiger partial charge in [-0.1, -0.05) is 31.5 Å². The summed E-state index contributed by atoms with van der Waals surface area (Å²) in [4.78, 5) is 21.4. The van der Waals surface area contributed by atoms with Crippen LogP contribution in [-0.4, -0.2) is 25.2 Å². The van der Waals surface area contributed by atoms with Crippen LogP contribution in [0.4, 0.5) is 0 Å². The Kier molecular flexibility index (Phi) is 10.9. The van der Waals surface area contributed by atoms with Crippen LogP contribution in [-0.2, 0) is 20.7 Å². The molecule has 0 aliphatic carbocycles. The third-order valence-corrected chi connectivity index (χ3v) is 2.66. The van der Waals surface area contributed by atoms with Gasteiger partial charge in [0, 0.05) is 6.92 Å². The van der Waals surface area contributed by atoms with Gasteiger partial charge in [0.1, 0.15) is 0 Å². The van der Waals surface area contributed by atoms with Gasteiger partial charge in [0.15, 0.2) is 0 Å². The second kappa shape index (κ2) is 11.9. The topological polar surface area (TPSA) is 52.6 Å². The van der Waals surface area contributed by atoms with E-state index in [9.17, 15) is 9.59 Å². The van der Waals surface area contributed by atoms with E-state index in [0.29, 0.717) is 18.8 Å². The summed E-state index contributed by atoms with van der Waals surface area (Å²) in [5.74, 6) is -0.415. The lowest BCUT2D eigenvalue weighted by Crippen LogP contribution is -2.07. The number of esters is 2. The number of unbranched alkanes of at least 4 members (excludes halogenated alkanes) is 1. The monoisotopic (exact) mass is 294 g/mol. The number of carbonyl (C=O) groups excluding carboxylic acids is 2. The molecular formula is C17H26O4. The molecule has 4 nitrogen and oxygen atoms in total. The number of hydrogen-bond donors (Lipinski definition) is 0. The highest BCUT2D eigenvalue weighted by Gasteiger charge is 2.10. The van der Waals surface area contributed by atoms with Crippen molar-refractivity contribution in [3.63, 3.8) is 0 Å². The molecule has 0 saturated carbocycles. The van der Waals surface area contributed by atoms with E-state index >= 15 is 0 Å². The number of rotatable bonds is 6. The van der Waals surface area contributed by atoms with Crippen molar-refractivity contribution < 1.29 is 19.1 Å². The molecule has 21 heavy (non-hydrogen) atoms. The lowest BCUT2D eigenvalue weighted by Gasteiger charge is -2.07. The minimum atomic E-state index is -0.211. The Bertz CT molecular complexity index is 427. The van der Waals surface area contributed by atoms with Crippen LogP contribution in [0, 0.1) is 0 Å². The molecule has 0 amide bonds. The number of aryl methyl sites for hydroxylation is 1. The zero-order chi connectivity index (χ0) is 16.1. The van der Waals surface area contributed by atoms with E-state index in [-0.39, 0.29) is 11.9 Å². The maximum absolute atomic E-state index is 11.6. The zero-order valence-electron chi connectivity index (χ0n) is 13.5. The summed E-state index contributed by atoms with van der Waals surface area (Å²) in [5, 5.41) is 0. The van der Waals surface area contributed by atoms with E-state index in [1.165, 1.54) is 6.92 Å². The second-order valence-corrected chi connectivity index (χ2v) is 4.41. The molecule has 0 unspecified atom stereocenters. The third-order valence-electron chi connectivity index (χ3n) is 2.66. The van der Waals surface area contributed by atoms with Crippen molar-refractivity contribution in [1.82, 2.24) is 0 Å². The third kappa shape index (κ3) is 8.84. The summed E-state index contributed by atoms with van der Waals surface area (Å²) in [6, 6.07) is 7.68. The van der Waals surface area contributed by atoms with E-state index in [4.69, 9.17) is 4.74 Å². The first-order valence-electron chi connectivity index (χ1n) is 7.45. The first-order valence-corrected chi connectivity index (χ1v) is 7.45. The highest BCUT2D eigenvalue weighted by molar-refractivity contribution is 5.91. The molecule has 4 heteroatoms. The van der Waals surface area contributed by atoms with Crippen molar-refractivity contribution in [1.29, 1.82) is 0 Å². The largest absolute Gasteiger partial charge is 0.466 e. The first kappa shape index (κ1) is 19.2. The molecule has 118 valence electrons. The van der Waals surface area contributed by atoms with Gasteiger partial charge < -0.3 is 9.47 Å². The smallest absolute Gasteiger partial charge is 0.338 e. The molecule has 0 N–H and O–H groups in total. The van der Waals surface area contributed by atoms with E-state index in [1.807, 2.05) is 31.2 Å². The minimum absolute atomic E-state index is 0.204. The lowest BCUT2D eigenvalue weighted by atomic mass is 10.0. The fourth-order valence-corrected chi connectivity index (χ4v) is 1.72. The Hall–Kier alpha value is -1.84. The molecule has 0 saturated heterocycles. The van der Waals surface area contributed by atoms with Crippen LogP contribution in [0.15, 0.2) is 24.3 Å². The van der Waals surface area contributed by atoms with Crippen LogP contribution in [0.5, 0.6) is 0 Å². The summed E-state index contributed by atoms with van der Waals surface area (Å²) in [7, 11) is 0. The van der Waals surface area contributed by atoms with Gasteiger partial charge in [0.05, 0.1) is 18.8 Å². The minimum Gasteiger partial charge on any atom is -0.466 e. The Morgan fingerprint density at radius 3 is 2.10 bits per heavy atom. The van der Waals surface area contributed by atoms with Crippen molar-refractivity contribution in [3.8, 4) is 0 Å². The van der Waals surface area contributed by atoms with E-state index in [1.54, 1.807) is 6.92 Å². The summed E-state index contributed by atoms with van der Waals surface area (Å²) in [5.41, 5.74) is 1.81. The van der Waals surface area contributed by atoms with Crippen LogP contribution >= 0.6 is 0 Å². The normalized spacial score (nSPS) is 9.33. The summed E-state index contributed by atoms with van der Waals surface area (Å²) in [6.07, 6.45) is 3.19. The Morgan fingerprint density at radius 1 is 1.00 bits per heavy atom. The SMILES string of the molecule is CCCCc1ccccc1C(=O)OCC.CCOC(C)=O. The fraction of sp³-hybridized carbons (Fsp3) is 0.529. The molecule has 0 bridgehead atoms. The van der Waals surface area contributed by atoms with Crippen molar-refractivity contribution in [2.75, 3.05) is 13.2 Å². The van der Waals surface area contributed by atoms with Crippen molar-refractivity contribution in [2.45, 2.75) is 47.0 Å². The number of benzene rings is 1.